The fourth-order valence-corrected chi connectivity index (χ4v) is 1.98. The third-order valence-electron chi connectivity index (χ3n) is 3.08. The maximum atomic E-state index is 4.59. The molecule has 0 unspecified atom stereocenters. The van der Waals surface area contributed by atoms with Gasteiger partial charge in [0.2, 0.25) is 0 Å². The first-order valence-electron chi connectivity index (χ1n) is 6.98. The van der Waals surface area contributed by atoms with Crippen molar-refractivity contribution in [2.75, 3.05) is 13.6 Å². The highest BCUT2D eigenvalue weighted by molar-refractivity contribution is 5.79. The summed E-state index contributed by atoms with van der Waals surface area (Å²) >= 11 is 0. The minimum Gasteiger partial charge on any atom is -0.356 e. The first-order valence-corrected chi connectivity index (χ1v) is 6.98. The minimum absolute atomic E-state index is 0.589. The number of rotatable bonds is 4. The zero-order valence-electron chi connectivity index (χ0n) is 12.6. The molecule has 20 heavy (non-hydrogen) atoms. The van der Waals surface area contributed by atoms with Crippen molar-refractivity contribution < 1.29 is 0 Å². The topological polar surface area (TPSA) is 53.7 Å². The summed E-state index contributed by atoms with van der Waals surface area (Å²) in [5, 5.41) is 6.57. The lowest BCUT2D eigenvalue weighted by molar-refractivity contribution is 0.614. The maximum absolute atomic E-state index is 4.59. The number of hydrogen-bond donors (Lipinski definition) is 2. The highest BCUT2D eigenvalue weighted by Gasteiger charge is 2.04. The van der Waals surface area contributed by atoms with Gasteiger partial charge in [-0.25, -0.2) is 4.98 Å². The van der Waals surface area contributed by atoms with E-state index in [0.29, 0.717) is 12.5 Å². The molecule has 0 aliphatic rings. The Kier molecular flexibility index (Phi) is 4.61. The first kappa shape index (κ1) is 14.4. The molecule has 2 rings (SSSR count). The van der Waals surface area contributed by atoms with Crippen LogP contribution in [-0.4, -0.2) is 28.9 Å². The quantitative estimate of drug-likeness (QED) is 0.661. The predicted octanol–water partition coefficient (Wildman–Crippen LogP) is 1.96. The van der Waals surface area contributed by atoms with E-state index in [9.17, 15) is 0 Å². The Morgan fingerprint density at radius 3 is 2.80 bits per heavy atom. The number of guanidine groups is 1. The Morgan fingerprint density at radius 1 is 1.35 bits per heavy atom. The molecule has 0 saturated heterocycles. The van der Waals surface area contributed by atoms with Gasteiger partial charge in [0.15, 0.2) is 5.96 Å². The highest BCUT2D eigenvalue weighted by Crippen LogP contribution is 2.08. The Labute approximate surface area is 120 Å². The van der Waals surface area contributed by atoms with Crippen LogP contribution in [-0.2, 0) is 6.54 Å². The molecule has 0 radical (unpaired) electrons. The molecule has 2 aromatic heterocycles. The zero-order valence-corrected chi connectivity index (χ0v) is 12.6. The van der Waals surface area contributed by atoms with Crippen LogP contribution in [0.2, 0.25) is 0 Å². The second-order valence-corrected chi connectivity index (χ2v) is 5.33. The summed E-state index contributed by atoms with van der Waals surface area (Å²) in [6.07, 6.45) is 2.06. The van der Waals surface area contributed by atoms with Crippen LogP contribution in [0.4, 0.5) is 0 Å². The van der Waals surface area contributed by atoms with E-state index in [4.69, 9.17) is 0 Å². The third-order valence-corrected chi connectivity index (χ3v) is 3.08. The summed E-state index contributed by atoms with van der Waals surface area (Å²) in [6.45, 7) is 7.99. The lowest BCUT2D eigenvalue weighted by Gasteiger charge is -2.12. The number of hydrogen-bond acceptors (Lipinski definition) is 2. The fraction of sp³-hybridized carbons (Fsp3) is 0.467. The molecule has 0 saturated carbocycles. The number of fused-ring (bicyclic) bond motifs is 1. The van der Waals surface area contributed by atoms with Crippen LogP contribution in [0, 0.1) is 12.8 Å². The number of imidazole rings is 1. The van der Waals surface area contributed by atoms with Crippen molar-refractivity contribution in [1.29, 1.82) is 0 Å². The molecule has 0 bridgehead atoms. The summed E-state index contributed by atoms with van der Waals surface area (Å²) in [5.74, 6) is 1.40. The van der Waals surface area contributed by atoms with Crippen molar-refractivity contribution in [3.8, 4) is 0 Å². The van der Waals surface area contributed by atoms with E-state index in [1.165, 1.54) is 5.69 Å². The van der Waals surface area contributed by atoms with Gasteiger partial charge in [-0.05, 0) is 25.0 Å². The first-order chi connectivity index (χ1) is 9.60. The number of pyridine rings is 1. The standard InChI is InChI=1S/C15H23N5/c1-11(2)8-17-15(16-4)18-9-13-10-20-12(3)6-5-7-14(20)19-13/h5-7,10-11H,8-9H2,1-4H3,(H2,16,17,18). The Morgan fingerprint density at radius 2 is 2.15 bits per heavy atom. The van der Waals surface area contributed by atoms with E-state index >= 15 is 0 Å². The molecule has 0 aliphatic heterocycles. The van der Waals surface area contributed by atoms with Gasteiger partial charge in [-0.2, -0.15) is 0 Å². The van der Waals surface area contributed by atoms with Gasteiger partial charge < -0.3 is 15.0 Å². The fourth-order valence-electron chi connectivity index (χ4n) is 1.98. The summed E-state index contributed by atoms with van der Waals surface area (Å²) < 4.78 is 2.10. The minimum atomic E-state index is 0.589. The number of aliphatic imine (C=N–C) groups is 1. The number of aromatic nitrogens is 2. The van der Waals surface area contributed by atoms with Gasteiger partial charge in [0.1, 0.15) is 5.65 Å². The summed E-state index contributed by atoms with van der Waals surface area (Å²) in [7, 11) is 1.78. The second-order valence-electron chi connectivity index (χ2n) is 5.33. The van der Waals surface area contributed by atoms with E-state index in [1.54, 1.807) is 7.05 Å². The van der Waals surface area contributed by atoms with Crippen LogP contribution in [0.1, 0.15) is 25.2 Å². The van der Waals surface area contributed by atoms with Gasteiger partial charge in [0, 0.05) is 25.5 Å². The van der Waals surface area contributed by atoms with Crippen molar-refractivity contribution in [3.63, 3.8) is 0 Å². The van der Waals surface area contributed by atoms with Crippen LogP contribution in [0.25, 0.3) is 5.65 Å². The third kappa shape index (κ3) is 3.50. The molecule has 2 aromatic rings. The molecule has 0 spiro atoms. The second kappa shape index (κ2) is 6.41. The predicted molar refractivity (Wildman–Crippen MR) is 83.0 cm³/mol. The van der Waals surface area contributed by atoms with Crippen LogP contribution in [0.3, 0.4) is 0 Å². The van der Waals surface area contributed by atoms with Gasteiger partial charge in [0.25, 0.3) is 0 Å². The lowest BCUT2D eigenvalue weighted by atomic mass is 10.2. The van der Waals surface area contributed by atoms with E-state index in [-0.39, 0.29) is 0 Å². The summed E-state index contributed by atoms with van der Waals surface area (Å²) in [4.78, 5) is 8.80. The molecular weight excluding hydrogens is 250 g/mol. The molecule has 108 valence electrons. The van der Waals surface area contributed by atoms with Crippen LogP contribution in [0.15, 0.2) is 29.4 Å². The monoisotopic (exact) mass is 273 g/mol. The number of nitrogens with one attached hydrogen (secondary N) is 2. The van der Waals surface area contributed by atoms with Crippen molar-refractivity contribution >= 4 is 11.6 Å². The molecule has 0 amide bonds. The van der Waals surface area contributed by atoms with Gasteiger partial charge >= 0.3 is 0 Å². The smallest absolute Gasteiger partial charge is 0.191 e. The Bertz CT molecular complexity index is 597. The molecule has 0 atom stereocenters. The maximum Gasteiger partial charge on any atom is 0.191 e. The molecule has 5 nitrogen and oxygen atoms in total. The van der Waals surface area contributed by atoms with Crippen molar-refractivity contribution in [3.05, 3.63) is 35.8 Å². The number of aryl methyl sites for hydroxylation is 1. The van der Waals surface area contributed by atoms with Gasteiger partial charge in [-0.1, -0.05) is 19.9 Å². The summed E-state index contributed by atoms with van der Waals surface area (Å²) in [5.41, 5.74) is 3.17. The van der Waals surface area contributed by atoms with Crippen LogP contribution < -0.4 is 10.6 Å². The van der Waals surface area contributed by atoms with Gasteiger partial charge in [-0.3, -0.25) is 4.99 Å². The van der Waals surface area contributed by atoms with Crippen molar-refractivity contribution in [2.45, 2.75) is 27.3 Å². The van der Waals surface area contributed by atoms with Crippen LogP contribution >= 0.6 is 0 Å². The largest absolute Gasteiger partial charge is 0.356 e. The average Bonchev–Trinajstić information content (AvgIpc) is 2.83. The van der Waals surface area contributed by atoms with Crippen LogP contribution in [0.5, 0.6) is 0 Å². The van der Waals surface area contributed by atoms with E-state index in [2.05, 4.69) is 58.0 Å². The molecule has 5 heteroatoms. The molecule has 0 aliphatic carbocycles. The molecule has 0 fully saturated rings. The Balaban J connectivity index is 2.00. The van der Waals surface area contributed by atoms with Crippen molar-refractivity contribution in [2.24, 2.45) is 10.9 Å². The number of nitrogens with zero attached hydrogens (tertiary/aromatic N) is 3. The normalized spacial score (nSPS) is 12.2. The van der Waals surface area contributed by atoms with E-state index in [1.807, 2.05) is 12.1 Å². The highest BCUT2D eigenvalue weighted by atomic mass is 15.2. The zero-order chi connectivity index (χ0) is 14.5. The molecule has 2 heterocycles. The van der Waals surface area contributed by atoms with Gasteiger partial charge in [-0.15, -0.1) is 0 Å². The van der Waals surface area contributed by atoms with E-state index in [0.717, 1.165) is 23.8 Å². The summed E-state index contributed by atoms with van der Waals surface area (Å²) in [6, 6.07) is 6.12. The van der Waals surface area contributed by atoms with Gasteiger partial charge in [0.05, 0.1) is 12.2 Å². The van der Waals surface area contributed by atoms with E-state index < -0.39 is 0 Å². The Hall–Kier alpha value is -2.04. The molecule has 0 aromatic carbocycles. The lowest BCUT2D eigenvalue weighted by Crippen LogP contribution is -2.38. The SMILES string of the molecule is CN=C(NCc1cn2c(C)cccc2n1)NCC(C)C. The molecule has 2 N–H and O–H groups in total. The molecular formula is C15H23N5. The average molecular weight is 273 g/mol. The van der Waals surface area contributed by atoms with Crippen molar-refractivity contribution in [1.82, 2.24) is 20.0 Å².